The fourth-order valence-electron chi connectivity index (χ4n) is 4.72. The predicted molar refractivity (Wildman–Crippen MR) is 141 cm³/mol. The molecule has 6 rings (SSSR count). The molecule has 1 saturated heterocycles. The third-order valence-electron chi connectivity index (χ3n) is 6.53. The number of hydrogen-bond acceptors (Lipinski definition) is 4. The summed E-state index contributed by atoms with van der Waals surface area (Å²) in [5, 5.41) is 5.57. The number of nitrogens with zero attached hydrogens (tertiary/aromatic N) is 5. The van der Waals surface area contributed by atoms with E-state index in [-0.39, 0.29) is 5.56 Å². The van der Waals surface area contributed by atoms with E-state index < -0.39 is 0 Å². The van der Waals surface area contributed by atoms with Crippen LogP contribution in [-0.4, -0.2) is 32.4 Å². The lowest BCUT2D eigenvalue weighted by molar-refractivity contribution is 0.578. The summed E-state index contributed by atoms with van der Waals surface area (Å²) in [5.74, 6) is 0.563. The second-order valence-corrected chi connectivity index (χ2v) is 9.21. The minimum atomic E-state index is -0.172. The molecule has 0 atom stereocenters. The molecule has 1 fully saturated rings. The molecule has 0 amide bonds. The molecule has 1 aliphatic heterocycles. The topological polar surface area (TPSA) is 56.0 Å². The third-order valence-corrected chi connectivity index (χ3v) is 6.79. The van der Waals surface area contributed by atoms with E-state index in [1.165, 1.54) is 24.9 Å². The summed E-state index contributed by atoms with van der Waals surface area (Å²) in [6.45, 7) is 2.16. The largest absolute Gasteiger partial charge is 0.372 e. The van der Waals surface area contributed by atoms with Gasteiger partial charge in [-0.3, -0.25) is 9.36 Å². The summed E-state index contributed by atoms with van der Waals surface area (Å²) in [5.41, 5.74) is 3.97. The normalized spacial score (nSPS) is 13.9. The maximum atomic E-state index is 13.8. The Hall–Kier alpha value is -3.90. The zero-order valence-corrected chi connectivity index (χ0v) is 19.9. The van der Waals surface area contributed by atoms with E-state index in [0.717, 1.165) is 24.3 Å². The molecule has 0 radical (unpaired) electrons. The van der Waals surface area contributed by atoms with Crippen LogP contribution in [-0.2, 0) is 0 Å². The van der Waals surface area contributed by atoms with Gasteiger partial charge in [0.25, 0.3) is 5.56 Å². The van der Waals surface area contributed by atoms with Crippen molar-refractivity contribution in [1.82, 2.24) is 19.3 Å². The Labute approximate surface area is 208 Å². The van der Waals surface area contributed by atoms with Gasteiger partial charge in [0.2, 0.25) is 0 Å². The lowest BCUT2D eigenvalue weighted by Crippen LogP contribution is -2.29. The molecule has 0 unspecified atom stereocenters. The second-order valence-electron chi connectivity index (χ2n) is 8.78. The van der Waals surface area contributed by atoms with Crippen molar-refractivity contribution in [2.24, 2.45) is 0 Å². The molecular formula is C28H24ClN5O. The first-order valence-corrected chi connectivity index (χ1v) is 12.2. The Balaban J connectivity index is 1.55. The van der Waals surface area contributed by atoms with Crippen molar-refractivity contribution < 1.29 is 0 Å². The maximum Gasteiger partial charge on any atom is 0.269 e. The van der Waals surface area contributed by atoms with E-state index in [2.05, 4.69) is 22.1 Å². The molecule has 1 aliphatic rings. The van der Waals surface area contributed by atoms with E-state index in [1.54, 1.807) is 27.6 Å². The van der Waals surface area contributed by atoms with E-state index in [1.807, 2.05) is 54.6 Å². The smallest absolute Gasteiger partial charge is 0.269 e. The van der Waals surface area contributed by atoms with Crippen LogP contribution in [0, 0.1) is 0 Å². The van der Waals surface area contributed by atoms with Crippen LogP contribution >= 0.6 is 11.6 Å². The van der Waals surface area contributed by atoms with Gasteiger partial charge in [0.15, 0.2) is 5.65 Å². The number of piperidine rings is 1. The van der Waals surface area contributed by atoms with Crippen LogP contribution in [0.2, 0.25) is 5.02 Å². The highest BCUT2D eigenvalue weighted by atomic mass is 35.5. The number of benzene rings is 3. The molecule has 35 heavy (non-hydrogen) atoms. The lowest BCUT2D eigenvalue weighted by atomic mass is 10.1. The van der Waals surface area contributed by atoms with Gasteiger partial charge in [-0.1, -0.05) is 29.8 Å². The van der Waals surface area contributed by atoms with E-state index >= 15 is 0 Å². The second kappa shape index (κ2) is 9.04. The highest BCUT2D eigenvalue weighted by Crippen LogP contribution is 2.27. The molecule has 0 N–H and O–H groups in total. The van der Waals surface area contributed by atoms with Crippen LogP contribution < -0.4 is 10.5 Å². The van der Waals surface area contributed by atoms with E-state index in [9.17, 15) is 4.79 Å². The van der Waals surface area contributed by atoms with Crippen molar-refractivity contribution in [1.29, 1.82) is 0 Å². The molecule has 7 heteroatoms. The van der Waals surface area contributed by atoms with Crippen molar-refractivity contribution in [2.45, 2.75) is 19.3 Å². The quantitative estimate of drug-likeness (QED) is 0.321. The lowest BCUT2D eigenvalue weighted by Gasteiger charge is -2.28. The van der Waals surface area contributed by atoms with Crippen LogP contribution in [0.3, 0.4) is 0 Å². The third kappa shape index (κ3) is 4.00. The van der Waals surface area contributed by atoms with Crippen molar-refractivity contribution in [3.8, 4) is 22.8 Å². The number of hydrogen-bond donors (Lipinski definition) is 0. The highest BCUT2D eigenvalue weighted by molar-refractivity contribution is 6.30. The zero-order chi connectivity index (χ0) is 23.8. The van der Waals surface area contributed by atoms with Gasteiger partial charge < -0.3 is 4.90 Å². The molecule has 0 aliphatic carbocycles. The van der Waals surface area contributed by atoms with Gasteiger partial charge in [-0.15, -0.1) is 0 Å². The first-order valence-electron chi connectivity index (χ1n) is 11.9. The molecule has 3 heterocycles. The Bertz CT molecular complexity index is 1530. The summed E-state index contributed by atoms with van der Waals surface area (Å²) in [7, 11) is 0. The number of aromatic nitrogens is 4. The summed E-state index contributed by atoms with van der Waals surface area (Å²) >= 11 is 6.13. The minimum Gasteiger partial charge on any atom is -0.372 e. The van der Waals surface area contributed by atoms with E-state index in [0.29, 0.717) is 27.6 Å². The molecule has 0 bridgehead atoms. The molecule has 0 saturated carbocycles. The van der Waals surface area contributed by atoms with Crippen LogP contribution in [0.15, 0.2) is 89.9 Å². The average Bonchev–Trinajstić information content (AvgIpc) is 3.35. The number of halogens is 1. The summed E-state index contributed by atoms with van der Waals surface area (Å²) in [6, 6.07) is 25.3. The molecule has 6 nitrogen and oxygen atoms in total. The summed E-state index contributed by atoms with van der Waals surface area (Å²) in [4.78, 5) is 21.2. The van der Waals surface area contributed by atoms with Gasteiger partial charge in [-0.25, -0.2) is 9.67 Å². The average molecular weight is 482 g/mol. The van der Waals surface area contributed by atoms with Gasteiger partial charge in [0, 0.05) is 29.4 Å². The van der Waals surface area contributed by atoms with Crippen LogP contribution in [0.1, 0.15) is 19.3 Å². The predicted octanol–water partition coefficient (Wildman–Crippen LogP) is 5.88. The van der Waals surface area contributed by atoms with Crippen LogP contribution in [0.4, 0.5) is 5.69 Å². The van der Waals surface area contributed by atoms with Crippen LogP contribution in [0.25, 0.3) is 33.8 Å². The van der Waals surface area contributed by atoms with Crippen molar-refractivity contribution in [3.63, 3.8) is 0 Å². The monoisotopic (exact) mass is 481 g/mol. The SMILES string of the molecule is O=c1c2cnn(-c3ccccc3)c2nc(-c2ccc(N3CCCCC3)cc2)n1-c1ccc(Cl)cc1. The Morgan fingerprint density at radius 1 is 0.743 bits per heavy atom. The molecular weight excluding hydrogens is 458 g/mol. The summed E-state index contributed by atoms with van der Waals surface area (Å²) in [6.07, 6.45) is 5.33. The highest BCUT2D eigenvalue weighted by Gasteiger charge is 2.19. The fourth-order valence-corrected chi connectivity index (χ4v) is 4.85. The maximum absolute atomic E-state index is 13.8. The molecule has 5 aromatic rings. The number of para-hydroxylation sites is 1. The Kier molecular flexibility index (Phi) is 5.58. The van der Waals surface area contributed by atoms with E-state index in [4.69, 9.17) is 16.6 Å². The molecule has 174 valence electrons. The van der Waals surface area contributed by atoms with Crippen molar-refractivity contribution >= 4 is 28.3 Å². The number of fused-ring (bicyclic) bond motifs is 1. The first kappa shape index (κ1) is 21.6. The fraction of sp³-hybridized carbons (Fsp3) is 0.179. The van der Waals surface area contributed by atoms with Gasteiger partial charge >= 0.3 is 0 Å². The molecule has 3 aromatic carbocycles. The Morgan fingerprint density at radius 2 is 1.43 bits per heavy atom. The standard InChI is InChI=1S/C28H24ClN5O/c29-21-11-15-23(16-12-21)33-26(20-9-13-22(14-10-20)32-17-5-2-6-18-32)31-27-25(28(33)35)19-30-34(27)24-7-3-1-4-8-24/h1,3-4,7-16,19H,2,5-6,17-18H2. The Morgan fingerprint density at radius 3 is 2.14 bits per heavy atom. The minimum absolute atomic E-state index is 0.172. The zero-order valence-electron chi connectivity index (χ0n) is 19.1. The number of rotatable bonds is 4. The van der Waals surface area contributed by atoms with Gasteiger partial charge in [-0.2, -0.15) is 5.10 Å². The molecule has 0 spiro atoms. The first-order chi connectivity index (χ1) is 17.2. The van der Waals surface area contributed by atoms with Crippen molar-refractivity contribution in [2.75, 3.05) is 18.0 Å². The van der Waals surface area contributed by atoms with Gasteiger partial charge in [0.1, 0.15) is 11.2 Å². The molecule has 2 aromatic heterocycles. The van der Waals surface area contributed by atoms with Gasteiger partial charge in [0.05, 0.1) is 17.6 Å². The van der Waals surface area contributed by atoms with Crippen LogP contribution in [0.5, 0.6) is 0 Å². The summed E-state index contributed by atoms with van der Waals surface area (Å²) < 4.78 is 3.36. The van der Waals surface area contributed by atoms with Crippen molar-refractivity contribution in [3.05, 3.63) is 100 Å². The number of anilines is 1. The van der Waals surface area contributed by atoms with Gasteiger partial charge in [-0.05, 0) is 79.9 Å².